The first-order chi connectivity index (χ1) is 4.74. The Kier molecular flexibility index (Phi) is 1.71. The minimum absolute atomic E-state index is 0.218. The number of nitrogens with zero attached hydrogens (tertiary/aromatic N) is 1. The molecule has 1 atom stereocenters. The quantitative estimate of drug-likeness (QED) is 0.553. The highest BCUT2D eigenvalue weighted by Gasteiger charge is 2.21. The molecule has 4 heteroatoms. The number of rotatable bonds is 2. The molecule has 0 saturated heterocycles. The summed E-state index contributed by atoms with van der Waals surface area (Å²) >= 11 is 0. The second-order valence-corrected chi connectivity index (χ2v) is 1.84. The standard InChI is InChI=1S/C6H7NO3/c1-2-4-3-7-5(10-4)6(8)9/h2,4H,1,3H2,(H,8,9). The van der Waals surface area contributed by atoms with Gasteiger partial charge < -0.3 is 9.84 Å². The van der Waals surface area contributed by atoms with E-state index in [1.165, 1.54) is 6.08 Å². The molecule has 10 heavy (non-hydrogen) atoms. The van der Waals surface area contributed by atoms with Crippen LogP contribution in [0.1, 0.15) is 0 Å². The summed E-state index contributed by atoms with van der Waals surface area (Å²) in [7, 11) is 0. The lowest BCUT2D eigenvalue weighted by atomic mass is 10.4. The number of carboxylic acids is 1. The molecule has 4 nitrogen and oxygen atoms in total. The number of hydrogen-bond acceptors (Lipinski definition) is 3. The second kappa shape index (κ2) is 2.51. The summed E-state index contributed by atoms with van der Waals surface area (Å²) in [6.45, 7) is 3.81. The summed E-state index contributed by atoms with van der Waals surface area (Å²) in [6, 6.07) is 0. The molecule has 0 bridgehead atoms. The van der Waals surface area contributed by atoms with Crippen molar-refractivity contribution in [1.29, 1.82) is 0 Å². The molecule has 0 aromatic carbocycles. The maximum atomic E-state index is 10.2. The second-order valence-electron chi connectivity index (χ2n) is 1.84. The average Bonchev–Trinajstić information content (AvgIpc) is 2.34. The van der Waals surface area contributed by atoms with Crippen LogP contribution in [0.3, 0.4) is 0 Å². The highest BCUT2D eigenvalue weighted by molar-refractivity contribution is 6.32. The summed E-state index contributed by atoms with van der Waals surface area (Å²) in [5.74, 6) is -1.34. The fourth-order valence-corrected chi connectivity index (χ4v) is 0.631. The molecule has 1 unspecified atom stereocenters. The van der Waals surface area contributed by atoms with Crippen molar-refractivity contribution in [2.45, 2.75) is 6.10 Å². The van der Waals surface area contributed by atoms with Crippen molar-refractivity contribution in [3.63, 3.8) is 0 Å². The lowest BCUT2D eigenvalue weighted by molar-refractivity contribution is -0.130. The lowest BCUT2D eigenvalue weighted by Crippen LogP contribution is -2.16. The monoisotopic (exact) mass is 141 g/mol. The van der Waals surface area contributed by atoms with Crippen LogP contribution in [0.15, 0.2) is 17.6 Å². The molecular weight excluding hydrogens is 134 g/mol. The molecular formula is C6H7NO3. The van der Waals surface area contributed by atoms with E-state index in [4.69, 9.17) is 9.84 Å². The smallest absolute Gasteiger partial charge is 0.391 e. The van der Waals surface area contributed by atoms with Gasteiger partial charge in [-0.05, 0) is 6.08 Å². The predicted octanol–water partition coefficient (Wildman–Crippen LogP) is 0.0543. The van der Waals surface area contributed by atoms with Gasteiger partial charge >= 0.3 is 5.97 Å². The van der Waals surface area contributed by atoms with Crippen LogP contribution in [0.25, 0.3) is 0 Å². The molecule has 54 valence electrons. The van der Waals surface area contributed by atoms with Gasteiger partial charge in [-0.15, -0.1) is 0 Å². The molecule has 1 heterocycles. The van der Waals surface area contributed by atoms with E-state index < -0.39 is 5.97 Å². The zero-order chi connectivity index (χ0) is 7.56. The van der Waals surface area contributed by atoms with Crippen molar-refractivity contribution in [3.05, 3.63) is 12.7 Å². The molecule has 0 spiro atoms. The number of ether oxygens (including phenoxy) is 1. The minimum Gasteiger partial charge on any atom is -0.474 e. The van der Waals surface area contributed by atoms with Gasteiger partial charge in [-0.1, -0.05) is 6.58 Å². The Hall–Kier alpha value is -1.32. The van der Waals surface area contributed by atoms with Crippen LogP contribution in [-0.4, -0.2) is 29.6 Å². The fraction of sp³-hybridized carbons (Fsp3) is 0.333. The summed E-state index contributed by atoms with van der Waals surface area (Å²) < 4.78 is 4.80. The SMILES string of the molecule is C=CC1CN=C(C(=O)O)O1. The maximum Gasteiger partial charge on any atom is 0.391 e. The molecule has 0 aromatic rings. The summed E-state index contributed by atoms with van der Waals surface area (Å²) in [6.07, 6.45) is 1.27. The van der Waals surface area contributed by atoms with E-state index in [2.05, 4.69) is 11.6 Å². The van der Waals surface area contributed by atoms with Crippen molar-refractivity contribution < 1.29 is 14.6 Å². The van der Waals surface area contributed by atoms with Crippen molar-refractivity contribution in [3.8, 4) is 0 Å². The molecule has 1 aliphatic rings. The van der Waals surface area contributed by atoms with E-state index in [0.717, 1.165) is 0 Å². The third-order valence-electron chi connectivity index (χ3n) is 1.12. The fourth-order valence-electron chi connectivity index (χ4n) is 0.631. The molecule has 0 fully saturated rings. The van der Waals surface area contributed by atoms with Gasteiger partial charge in [0.15, 0.2) is 0 Å². The van der Waals surface area contributed by atoms with Gasteiger partial charge in [0.2, 0.25) is 0 Å². The number of aliphatic carboxylic acids is 1. The Morgan fingerprint density at radius 3 is 3.00 bits per heavy atom. The van der Waals surface area contributed by atoms with Gasteiger partial charge in [0.1, 0.15) is 6.10 Å². The van der Waals surface area contributed by atoms with Crippen molar-refractivity contribution in [2.24, 2.45) is 4.99 Å². The highest BCUT2D eigenvalue weighted by atomic mass is 16.5. The molecule has 0 aromatic heterocycles. The van der Waals surface area contributed by atoms with E-state index in [1.54, 1.807) is 0 Å². The molecule has 1 rings (SSSR count). The Morgan fingerprint density at radius 1 is 2.00 bits per heavy atom. The molecule has 0 saturated carbocycles. The zero-order valence-electron chi connectivity index (χ0n) is 5.28. The maximum absolute atomic E-state index is 10.2. The number of carbonyl (C=O) groups is 1. The molecule has 1 N–H and O–H groups in total. The number of aliphatic imine (C=N–C) groups is 1. The van der Waals surface area contributed by atoms with Gasteiger partial charge in [-0.25, -0.2) is 9.79 Å². The minimum atomic E-state index is -1.12. The Balaban J connectivity index is 2.54. The Labute approximate surface area is 57.8 Å². The van der Waals surface area contributed by atoms with Crippen molar-refractivity contribution in [1.82, 2.24) is 0 Å². The Bertz CT molecular complexity index is 197. The van der Waals surface area contributed by atoms with E-state index in [-0.39, 0.29) is 12.0 Å². The summed E-state index contributed by atoms with van der Waals surface area (Å²) in [5.41, 5.74) is 0. The number of hydrogen-bond donors (Lipinski definition) is 1. The number of carboxylic acid groups (broad SMARTS) is 1. The van der Waals surface area contributed by atoms with Gasteiger partial charge in [0, 0.05) is 0 Å². The van der Waals surface area contributed by atoms with Crippen molar-refractivity contribution in [2.75, 3.05) is 6.54 Å². The Morgan fingerprint density at radius 2 is 2.70 bits per heavy atom. The summed E-state index contributed by atoms with van der Waals surface area (Å²) in [4.78, 5) is 13.8. The molecule has 1 aliphatic heterocycles. The van der Waals surface area contributed by atoms with E-state index in [9.17, 15) is 4.79 Å². The van der Waals surface area contributed by atoms with E-state index >= 15 is 0 Å². The average molecular weight is 141 g/mol. The van der Waals surface area contributed by atoms with Crippen LogP contribution in [0, 0.1) is 0 Å². The van der Waals surface area contributed by atoms with Gasteiger partial charge in [-0.2, -0.15) is 0 Å². The van der Waals surface area contributed by atoms with E-state index in [1.807, 2.05) is 0 Å². The predicted molar refractivity (Wildman–Crippen MR) is 35.0 cm³/mol. The highest BCUT2D eigenvalue weighted by Crippen LogP contribution is 2.04. The summed E-state index contributed by atoms with van der Waals surface area (Å²) in [5, 5.41) is 8.34. The first kappa shape index (κ1) is 6.80. The van der Waals surface area contributed by atoms with Gasteiger partial charge in [0.25, 0.3) is 5.90 Å². The zero-order valence-corrected chi connectivity index (χ0v) is 5.28. The normalized spacial score (nSPS) is 23.2. The lowest BCUT2D eigenvalue weighted by Gasteiger charge is -2.01. The van der Waals surface area contributed by atoms with E-state index in [0.29, 0.717) is 6.54 Å². The van der Waals surface area contributed by atoms with Crippen LogP contribution in [-0.2, 0) is 9.53 Å². The molecule has 0 radical (unpaired) electrons. The van der Waals surface area contributed by atoms with Crippen LogP contribution >= 0.6 is 0 Å². The van der Waals surface area contributed by atoms with Crippen LogP contribution in [0.4, 0.5) is 0 Å². The van der Waals surface area contributed by atoms with Crippen LogP contribution in [0.2, 0.25) is 0 Å². The third-order valence-corrected chi connectivity index (χ3v) is 1.12. The largest absolute Gasteiger partial charge is 0.474 e. The van der Waals surface area contributed by atoms with Gasteiger partial charge in [0.05, 0.1) is 6.54 Å². The van der Waals surface area contributed by atoms with Crippen molar-refractivity contribution >= 4 is 11.9 Å². The van der Waals surface area contributed by atoms with Gasteiger partial charge in [-0.3, -0.25) is 0 Å². The molecule has 0 amide bonds. The molecule has 0 aliphatic carbocycles. The first-order valence-electron chi connectivity index (χ1n) is 2.81. The topological polar surface area (TPSA) is 58.9 Å². The van der Waals surface area contributed by atoms with Crippen LogP contribution < -0.4 is 0 Å². The van der Waals surface area contributed by atoms with Crippen LogP contribution in [0.5, 0.6) is 0 Å². The third kappa shape index (κ3) is 1.15. The first-order valence-corrected chi connectivity index (χ1v) is 2.81.